The number of rotatable bonds is 6. The van der Waals surface area contributed by atoms with Crippen LogP contribution in [0.5, 0.6) is 0 Å². The number of aryl methyl sites for hydroxylation is 1. The van der Waals surface area contributed by atoms with E-state index < -0.39 is 10.0 Å². The van der Waals surface area contributed by atoms with Gasteiger partial charge in [-0.25, -0.2) is 0 Å². The van der Waals surface area contributed by atoms with Crippen molar-refractivity contribution in [3.63, 3.8) is 0 Å². The van der Waals surface area contributed by atoms with Crippen molar-refractivity contribution in [3.8, 4) is 0 Å². The number of nitrogens with zero attached hydrogens (tertiary/aromatic N) is 3. The predicted molar refractivity (Wildman–Crippen MR) is 124 cm³/mol. The van der Waals surface area contributed by atoms with Crippen molar-refractivity contribution >= 4 is 44.6 Å². The number of thioether (sulfide) groups is 1. The molecule has 2 aromatic carbocycles. The van der Waals surface area contributed by atoms with Crippen molar-refractivity contribution < 1.29 is 13.2 Å². The van der Waals surface area contributed by atoms with Crippen LogP contribution in [0.2, 0.25) is 0 Å². The van der Waals surface area contributed by atoms with Gasteiger partial charge in [-0.3, -0.25) is 9.69 Å². The monoisotopic (exact) mass is 441 g/mol. The molecule has 1 fully saturated rings. The molecule has 30 heavy (non-hydrogen) atoms. The third kappa shape index (κ3) is 4.83. The molecule has 1 amide bonds. The second-order valence-electron chi connectivity index (χ2n) is 6.96. The van der Waals surface area contributed by atoms with Crippen molar-refractivity contribution in [3.05, 3.63) is 77.2 Å². The predicted octanol–water partition coefficient (Wildman–Crippen LogP) is 3.91. The van der Waals surface area contributed by atoms with Crippen molar-refractivity contribution in [1.29, 1.82) is 0 Å². The summed E-state index contributed by atoms with van der Waals surface area (Å²) in [6.07, 6.45) is 3.28. The zero-order valence-corrected chi connectivity index (χ0v) is 18.7. The zero-order chi connectivity index (χ0) is 21.9. The van der Waals surface area contributed by atoms with Crippen LogP contribution in [0.1, 0.15) is 11.1 Å². The van der Waals surface area contributed by atoms with Crippen molar-refractivity contribution in [2.75, 3.05) is 25.5 Å². The smallest absolute Gasteiger partial charge is 0.284 e. The third-order valence-corrected chi connectivity index (χ3v) is 6.83. The average Bonchev–Trinajstić information content (AvgIpc) is 2.97. The summed E-state index contributed by atoms with van der Waals surface area (Å²) in [7, 11) is -0.0352. The Labute approximate surface area is 181 Å². The van der Waals surface area contributed by atoms with Crippen LogP contribution in [0.15, 0.2) is 75.4 Å². The van der Waals surface area contributed by atoms with Gasteiger partial charge in [-0.1, -0.05) is 35.9 Å². The first-order valence-electron chi connectivity index (χ1n) is 9.22. The van der Waals surface area contributed by atoms with Gasteiger partial charge >= 0.3 is 0 Å². The van der Waals surface area contributed by atoms with E-state index in [2.05, 4.69) is 11.0 Å². The molecule has 1 saturated heterocycles. The average molecular weight is 442 g/mol. The summed E-state index contributed by atoms with van der Waals surface area (Å²) in [5.74, 6) is -0.297. The maximum atomic E-state index is 12.9. The van der Waals surface area contributed by atoms with E-state index >= 15 is 0 Å². The Balaban J connectivity index is 1.95. The molecule has 0 N–H and O–H groups in total. The summed E-state index contributed by atoms with van der Waals surface area (Å²) in [5, 5.41) is 0.122. The molecule has 1 aliphatic rings. The van der Waals surface area contributed by atoms with Crippen LogP contribution in [0, 0.1) is 6.92 Å². The van der Waals surface area contributed by atoms with E-state index in [4.69, 9.17) is 0 Å². The lowest BCUT2D eigenvalue weighted by molar-refractivity contribution is -0.121. The van der Waals surface area contributed by atoms with Gasteiger partial charge in [-0.05, 0) is 54.6 Å². The number of hydrogen-bond donors (Lipinski definition) is 0. The van der Waals surface area contributed by atoms with Gasteiger partial charge in [0.15, 0.2) is 5.17 Å². The Morgan fingerprint density at radius 3 is 2.30 bits per heavy atom. The Kier molecular flexibility index (Phi) is 6.48. The molecule has 0 atom stereocenters. The van der Waals surface area contributed by atoms with E-state index in [1.807, 2.05) is 50.2 Å². The Morgan fingerprint density at radius 1 is 1.10 bits per heavy atom. The lowest BCUT2D eigenvalue weighted by Gasteiger charge is -2.12. The van der Waals surface area contributed by atoms with Crippen LogP contribution in [0.25, 0.3) is 6.08 Å². The van der Waals surface area contributed by atoms with Crippen LogP contribution >= 0.6 is 11.8 Å². The van der Waals surface area contributed by atoms with E-state index in [1.165, 1.54) is 17.0 Å². The number of carbonyl (C=O) groups is 1. The minimum Gasteiger partial charge on any atom is -0.378 e. The van der Waals surface area contributed by atoms with Crippen LogP contribution in [-0.4, -0.2) is 45.0 Å². The topological polar surface area (TPSA) is 70.1 Å². The largest absolute Gasteiger partial charge is 0.378 e. The molecular formula is C22H23N3O3S2. The first-order valence-corrected chi connectivity index (χ1v) is 11.5. The van der Waals surface area contributed by atoms with Gasteiger partial charge in [-0.15, -0.1) is 11.0 Å². The van der Waals surface area contributed by atoms with Gasteiger partial charge in [0.2, 0.25) is 0 Å². The van der Waals surface area contributed by atoms with Crippen LogP contribution < -0.4 is 4.90 Å². The number of carbonyl (C=O) groups excluding carboxylic acids is 1. The zero-order valence-electron chi connectivity index (χ0n) is 17.1. The molecule has 156 valence electrons. The fourth-order valence-electron chi connectivity index (χ4n) is 2.75. The number of benzene rings is 2. The SMILES string of the molecule is C=CCN1C(=O)C(=Cc2ccc(N(C)C)cc2)SC1=NS(=O)(=O)c1ccc(C)cc1. The van der Waals surface area contributed by atoms with Gasteiger partial charge in [0.25, 0.3) is 15.9 Å². The second-order valence-corrected chi connectivity index (χ2v) is 9.58. The summed E-state index contributed by atoms with van der Waals surface area (Å²) in [4.78, 5) is 16.7. The highest BCUT2D eigenvalue weighted by Crippen LogP contribution is 2.34. The number of sulfonamides is 1. The van der Waals surface area contributed by atoms with Crippen molar-refractivity contribution in [2.24, 2.45) is 4.40 Å². The molecule has 3 rings (SSSR count). The molecule has 0 unspecified atom stereocenters. The highest BCUT2D eigenvalue weighted by molar-refractivity contribution is 8.19. The normalized spacial score (nSPS) is 17.0. The summed E-state index contributed by atoms with van der Waals surface area (Å²) in [6.45, 7) is 5.71. The first kappa shape index (κ1) is 21.9. The number of anilines is 1. The summed E-state index contributed by atoms with van der Waals surface area (Å²) < 4.78 is 29.4. The summed E-state index contributed by atoms with van der Waals surface area (Å²) in [5.41, 5.74) is 2.84. The molecule has 2 aromatic rings. The standard InChI is InChI=1S/C22H23N3O3S2/c1-5-14-25-21(26)20(15-17-8-10-18(11-9-17)24(3)4)29-22(25)23-30(27,28)19-12-6-16(2)7-13-19/h5-13,15H,1,14H2,2-4H3. The van der Waals surface area contributed by atoms with Gasteiger partial charge in [0.05, 0.1) is 9.80 Å². The maximum absolute atomic E-state index is 12.9. The Morgan fingerprint density at radius 2 is 1.73 bits per heavy atom. The third-order valence-electron chi connectivity index (χ3n) is 4.42. The molecule has 0 spiro atoms. The van der Waals surface area contributed by atoms with Gasteiger partial charge < -0.3 is 4.90 Å². The van der Waals surface area contributed by atoms with E-state index in [1.54, 1.807) is 24.3 Å². The highest BCUT2D eigenvalue weighted by atomic mass is 32.2. The number of amides is 1. The first-order chi connectivity index (χ1) is 14.2. The molecule has 0 aliphatic carbocycles. The highest BCUT2D eigenvalue weighted by Gasteiger charge is 2.34. The Hall–Kier alpha value is -2.84. The Bertz CT molecular complexity index is 1120. The molecular weight excluding hydrogens is 418 g/mol. The van der Waals surface area contributed by atoms with E-state index in [0.717, 1.165) is 28.6 Å². The molecule has 0 aromatic heterocycles. The van der Waals surface area contributed by atoms with Crippen molar-refractivity contribution in [1.82, 2.24) is 4.90 Å². The fourth-order valence-corrected chi connectivity index (χ4v) is 4.94. The lowest BCUT2D eigenvalue weighted by Crippen LogP contribution is -2.29. The molecule has 0 saturated carbocycles. The molecule has 1 aliphatic heterocycles. The van der Waals surface area contributed by atoms with Gasteiger partial charge in [0, 0.05) is 26.3 Å². The van der Waals surface area contributed by atoms with E-state index in [0.29, 0.717) is 4.91 Å². The van der Waals surface area contributed by atoms with Crippen LogP contribution in [0.3, 0.4) is 0 Å². The second kappa shape index (κ2) is 8.89. The summed E-state index contributed by atoms with van der Waals surface area (Å²) >= 11 is 1.05. The van der Waals surface area contributed by atoms with E-state index in [9.17, 15) is 13.2 Å². The maximum Gasteiger partial charge on any atom is 0.284 e. The lowest BCUT2D eigenvalue weighted by atomic mass is 10.2. The molecule has 8 heteroatoms. The fraction of sp³-hybridized carbons (Fsp3) is 0.182. The van der Waals surface area contributed by atoms with Gasteiger partial charge in [0.1, 0.15) is 0 Å². The quantitative estimate of drug-likeness (QED) is 0.502. The van der Waals surface area contributed by atoms with Crippen LogP contribution in [-0.2, 0) is 14.8 Å². The van der Waals surface area contributed by atoms with Crippen molar-refractivity contribution in [2.45, 2.75) is 11.8 Å². The molecule has 0 bridgehead atoms. The van der Waals surface area contributed by atoms with Crippen LogP contribution in [0.4, 0.5) is 5.69 Å². The molecule has 6 nitrogen and oxygen atoms in total. The number of amidine groups is 1. The minimum absolute atomic E-state index is 0.0869. The molecule has 1 heterocycles. The van der Waals surface area contributed by atoms with E-state index in [-0.39, 0.29) is 22.5 Å². The minimum atomic E-state index is -3.94. The van der Waals surface area contributed by atoms with Gasteiger partial charge in [-0.2, -0.15) is 8.42 Å². The number of hydrogen-bond acceptors (Lipinski definition) is 5. The summed E-state index contributed by atoms with van der Waals surface area (Å²) in [6, 6.07) is 14.2. The molecule has 0 radical (unpaired) electrons.